The standard InChI is InChI=1S/C11H16N2O3S/c1-5-16-9(15)8(14)13-10-12-7(6-17-10)11(2,3)4/h6H,5H2,1-4H3,(H,12,13,14). The lowest BCUT2D eigenvalue weighted by Gasteiger charge is -2.14. The van der Waals surface area contributed by atoms with E-state index in [-0.39, 0.29) is 12.0 Å². The summed E-state index contributed by atoms with van der Waals surface area (Å²) < 4.78 is 4.58. The zero-order valence-electron chi connectivity index (χ0n) is 10.4. The smallest absolute Gasteiger partial charge is 0.397 e. The van der Waals surface area contributed by atoms with Crippen molar-refractivity contribution in [3.63, 3.8) is 0 Å². The summed E-state index contributed by atoms with van der Waals surface area (Å²) >= 11 is 1.29. The fraction of sp³-hybridized carbons (Fsp3) is 0.545. The molecule has 1 aromatic rings. The van der Waals surface area contributed by atoms with Crippen LogP contribution < -0.4 is 5.32 Å². The first-order valence-electron chi connectivity index (χ1n) is 5.28. The molecule has 1 heterocycles. The molecule has 0 aliphatic carbocycles. The molecule has 5 nitrogen and oxygen atoms in total. The molecule has 0 radical (unpaired) electrons. The van der Waals surface area contributed by atoms with Gasteiger partial charge in [0.05, 0.1) is 12.3 Å². The maximum Gasteiger partial charge on any atom is 0.397 e. The monoisotopic (exact) mass is 256 g/mol. The van der Waals surface area contributed by atoms with Crippen molar-refractivity contribution in [3.8, 4) is 0 Å². The molecule has 0 saturated carbocycles. The van der Waals surface area contributed by atoms with Crippen molar-refractivity contribution in [2.24, 2.45) is 0 Å². The summed E-state index contributed by atoms with van der Waals surface area (Å²) in [6.45, 7) is 7.90. The molecule has 0 saturated heterocycles. The number of rotatable bonds is 2. The Labute approximate surface area is 104 Å². The average Bonchev–Trinajstić information content (AvgIpc) is 2.66. The van der Waals surface area contributed by atoms with Crippen LogP contribution in [0, 0.1) is 0 Å². The Morgan fingerprint density at radius 2 is 2.12 bits per heavy atom. The molecule has 0 bridgehead atoms. The number of hydrogen-bond acceptors (Lipinski definition) is 5. The van der Waals surface area contributed by atoms with Crippen molar-refractivity contribution in [2.45, 2.75) is 33.1 Å². The van der Waals surface area contributed by atoms with Crippen molar-refractivity contribution in [3.05, 3.63) is 11.1 Å². The first kappa shape index (κ1) is 13.6. The summed E-state index contributed by atoms with van der Waals surface area (Å²) in [4.78, 5) is 26.7. The Morgan fingerprint density at radius 1 is 1.47 bits per heavy atom. The van der Waals surface area contributed by atoms with Gasteiger partial charge in [0.25, 0.3) is 0 Å². The minimum Gasteiger partial charge on any atom is -0.459 e. The first-order chi connectivity index (χ1) is 7.84. The van der Waals surface area contributed by atoms with Gasteiger partial charge in [0.15, 0.2) is 5.13 Å². The second kappa shape index (κ2) is 5.27. The van der Waals surface area contributed by atoms with Crippen LogP contribution in [0.1, 0.15) is 33.4 Å². The van der Waals surface area contributed by atoms with E-state index in [2.05, 4.69) is 15.0 Å². The van der Waals surface area contributed by atoms with E-state index in [1.54, 1.807) is 6.92 Å². The van der Waals surface area contributed by atoms with Crippen molar-refractivity contribution in [1.29, 1.82) is 0 Å². The predicted octanol–water partition coefficient (Wildman–Crippen LogP) is 1.94. The van der Waals surface area contributed by atoms with E-state index < -0.39 is 11.9 Å². The minimum atomic E-state index is -0.889. The Kier molecular flexibility index (Phi) is 4.22. The fourth-order valence-corrected chi connectivity index (χ4v) is 1.95. The highest BCUT2D eigenvalue weighted by atomic mass is 32.1. The van der Waals surface area contributed by atoms with Gasteiger partial charge in [-0.25, -0.2) is 9.78 Å². The molecule has 17 heavy (non-hydrogen) atoms. The maximum atomic E-state index is 11.3. The second-order valence-electron chi connectivity index (χ2n) is 4.46. The summed E-state index contributed by atoms with van der Waals surface area (Å²) in [6, 6.07) is 0. The average molecular weight is 256 g/mol. The number of nitrogens with zero attached hydrogens (tertiary/aromatic N) is 1. The van der Waals surface area contributed by atoms with E-state index in [0.717, 1.165) is 5.69 Å². The zero-order valence-corrected chi connectivity index (χ0v) is 11.2. The molecule has 1 amide bonds. The number of aromatic nitrogens is 1. The summed E-state index contributed by atoms with van der Waals surface area (Å²) in [6.07, 6.45) is 0. The number of carbonyl (C=O) groups is 2. The van der Waals surface area contributed by atoms with Crippen LogP contribution in [0.4, 0.5) is 5.13 Å². The van der Waals surface area contributed by atoms with Crippen LogP contribution in [-0.2, 0) is 19.7 Å². The van der Waals surface area contributed by atoms with E-state index in [1.807, 2.05) is 26.2 Å². The predicted molar refractivity (Wildman–Crippen MR) is 66.1 cm³/mol. The SMILES string of the molecule is CCOC(=O)C(=O)Nc1nc(C(C)(C)C)cs1. The Balaban J connectivity index is 2.67. The Morgan fingerprint density at radius 3 is 2.59 bits per heavy atom. The largest absolute Gasteiger partial charge is 0.459 e. The lowest BCUT2D eigenvalue weighted by atomic mass is 9.93. The number of ether oxygens (including phenoxy) is 1. The van der Waals surface area contributed by atoms with Crippen molar-refractivity contribution < 1.29 is 14.3 Å². The molecule has 1 N–H and O–H groups in total. The van der Waals surface area contributed by atoms with Gasteiger partial charge in [0.1, 0.15) is 0 Å². The first-order valence-corrected chi connectivity index (χ1v) is 6.16. The quantitative estimate of drug-likeness (QED) is 0.648. The molecular weight excluding hydrogens is 240 g/mol. The van der Waals surface area contributed by atoms with Crippen LogP contribution >= 0.6 is 11.3 Å². The van der Waals surface area contributed by atoms with Gasteiger partial charge in [-0.05, 0) is 6.92 Å². The van der Waals surface area contributed by atoms with E-state index in [1.165, 1.54) is 11.3 Å². The fourth-order valence-electron chi connectivity index (χ4n) is 1.02. The normalized spacial score (nSPS) is 11.1. The van der Waals surface area contributed by atoms with Crippen molar-refractivity contribution >= 4 is 28.3 Å². The number of carbonyl (C=O) groups excluding carboxylic acids is 2. The lowest BCUT2D eigenvalue weighted by molar-refractivity contribution is -0.152. The van der Waals surface area contributed by atoms with Gasteiger partial charge in [0, 0.05) is 10.8 Å². The van der Waals surface area contributed by atoms with Crippen molar-refractivity contribution in [2.75, 3.05) is 11.9 Å². The Bertz CT molecular complexity index is 421. The molecule has 0 spiro atoms. The number of anilines is 1. The van der Waals surface area contributed by atoms with Gasteiger partial charge in [-0.2, -0.15) is 0 Å². The highest BCUT2D eigenvalue weighted by Crippen LogP contribution is 2.26. The maximum absolute atomic E-state index is 11.3. The molecule has 0 atom stereocenters. The Hall–Kier alpha value is -1.43. The molecule has 0 unspecified atom stereocenters. The molecule has 0 aliphatic heterocycles. The van der Waals surface area contributed by atoms with Crippen LogP contribution in [0.5, 0.6) is 0 Å². The lowest BCUT2D eigenvalue weighted by Crippen LogP contribution is -2.25. The van der Waals surface area contributed by atoms with Gasteiger partial charge < -0.3 is 4.74 Å². The number of esters is 1. The molecule has 0 fully saturated rings. The number of hydrogen-bond donors (Lipinski definition) is 1. The molecule has 1 aromatic heterocycles. The zero-order chi connectivity index (χ0) is 13.1. The van der Waals surface area contributed by atoms with Crippen LogP contribution in [-0.4, -0.2) is 23.5 Å². The highest BCUT2D eigenvalue weighted by molar-refractivity contribution is 7.14. The number of thiazole rings is 1. The summed E-state index contributed by atoms with van der Waals surface area (Å²) in [5.41, 5.74) is 0.797. The molecule has 1 rings (SSSR count). The van der Waals surface area contributed by atoms with Crippen LogP contribution in [0.2, 0.25) is 0 Å². The molecule has 6 heteroatoms. The topological polar surface area (TPSA) is 68.3 Å². The van der Waals surface area contributed by atoms with Gasteiger partial charge in [0.2, 0.25) is 0 Å². The molecule has 0 aromatic carbocycles. The number of nitrogens with one attached hydrogen (secondary N) is 1. The third-order valence-electron chi connectivity index (χ3n) is 1.95. The van der Waals surface area contributed by atoms with E-state index >= 15 is 0 Å². The van der Waals surface area contributed by atoms with E-state index in [9.17, 15) is 9.59 Å². The van der Waals surface area contributed by atoms with Crippen LogP contribution in [0.15, 0.2) is 5.38 Å². The summed E-state index contributed by atoms with van der Waals surface area (Å²) in [7, 11) is 0. The number of amides is 1. The van der Waals surface area contributed by atoms with E-state index in [0.29, 0.717) is 5.13 Å². The third-order valence-corrected chi connectivity index (χ3v) is 2.71. The van der Waals surface area contributed by atoms with Gasteiger partial charge >= 0.3 is 11.9 Å². The minimum absolute atomic E-state index is 0.0800. The molecule has 94 valence electrons. The van der Waals surface area contributed by atoms with Crippen LogP contribution in [0.25, 0.3) is 0 Å². The molecule has 0 aliphatic rings. The third kappa shape index (κ3) is 3.81. The second-order valence-corrected chi connectivity index (χ2v) is 5.32. The summed E-state index contributed by atoms with van der Waals surface area (Å²) in [5.74, 6) is -1.68. The molecular formula is C11H16N2O3S. The van der Waals surface area contributed by atoms with Gasteiger partial charge in [-0.15, -0.1) is 11.3 Å². The van der Waals surface area contributed by atoms with Crippen molar-refractivity contribution in [1.82, 2.24) is 4.98 Å². The highest BCUT2D eigenvalue weighted by Gasteiger charge is 2.20. The summed E-state index contributed by atoms with van der Waals surface area (Å²) in [5, 5.41) is 4.68. The van der Waals surface area contributed by atoms with Crippen LogP contribution in [0.3, 0.4) is 0 Å². The van der Waals surface area contributed by atoms with E-state index in [4.69, 9.17) is 0 Å². The van der Waals surface area contributed by atoms with Gasteiger partial charge in [-0.3, -0.25) is 10.1 Å². The van der Waals surface area contributed by atoms with Gasteiger partial charge in [-0.1, -0.05) is 20.8 Å².